The molecule has 1 aliphatic rings. The maximum atomic E-state index is 12.6. The summed E-state index contributed by atoms with van der Waals surface area (Å²) in [5.41, 5.74) is 4.47. The quantitative estimate of drug-likeness (QED) is 0.480. The van der Waals surface area contributed by atoms with Crippen LogP contribution in [0.2, 0.25) is 0 Å². The third-order valence-corrected chi connectivity index (χ3v) is 5.47. The van der Waals surface area contributed by atoms with Crippen LogP contribution < -0.4 is 10.6 Å². The SMILES string of the molecule is O=C(NCCCN1CCOCC1)c1cccc(Nc2cccc(/C=C/c3ccccn3)c2)c1. The largest absolute Gasteiger partial charge is 0.379 e. The minimum Gasteiger partial charge on any atom is -0.379 e. The van der Waals surface area contributed by atoms with Gasteiger partial charge in [-0.15, -0.1) is 0 Å². The van der Waals surface area contributed by atoms with Crippen LogP contribution in [0.15, 0.2) is 72.9 Å². The molecule has 0 atom stereocenters. The average Bonchev–Trinajstić information content (AvgIpc) is 2.87. The number of nitrogens with one attached hydrogen (secondary N) is 2. The first-order valence-electron chi connectivity index (χ1n) is 11.4. The fourth-order valence-corrected chi connectivity index (χ4v) is 3.71. The van der Waals surface area contributed by atoms with E-state index in [9.17, 15) is 4.79 Å². The van der Waals surface area contributed by atoms with Gasteiger partial charge in [0, 0.05) is 42.8 Å². The number of hydrogen-bond acceptors (Lipinski definition) is 5. The molecule has 2 heterocycles. The van der Waals surface area contributed by atoms with Gasteiger partial charge in [0.15, 0.2) is 0 Å². The Hall–Kier alpha value is -3.48. The Morgan fingerprint density at radius 3 is 2.61 bits per heavy atom. The zero-order valence-electron chi connectivity index (χ0n) is 18.7. The molecule has 1 aromatic heterocycles. The highest BCUT2D eigenvalue weighted by Crippen LogP contribution is 2.20. The average molecular weight is 443 g/mol. The topological polar surface area (TPSA) is 66.5 Å². The Bertz CT molecular complexity index is 1060. The fourth-order valence-electron chi connectivity index (χ4n) is 3.71. The van der Waals surface area contributed by atoms with Gasteiger partial charge in [-0.3, -0.25) is 14.7 Å². The summed E-state index contributed by atoms with van der Waals surface area (Å²) in [5, 5.41) is 6.43. The molecule has 0 spiro atoms. The molecule has 1 fully saturated rings. The molecule has 170 valence electrons. The number of anilines is 2. The summed E-state index contributed by atoms with van der Waals surface area (Å²) in [4.78, 5) is 19.3. The molecule has 33 heavy (non-hydrogen) atoms. The maximum absolute atomic E-state index is 12.6. The van der Waals surface area contributed by atoms with Crippen molar-refractivity contribution in [3.05, 3.63) is 89.7 Å². The second kappa shape index (κ2) is 11.9. The van der Waals surface area contributed by atoms with Gasteiger partial charge in [-0.1, -0.05) is 30.3 Å². The van der Waals surface area contributed by atoms with Gasteiger partial charge in [-0.25, -0.2) is 0 Å². The number of hydrogen-bond donors (Lipinski definition) is 2. The van der Waals surface area contributed by atoms with Gasteiger partial charge in [-0.2, -0.15) is 0 Å². The fraction of sp³-hybridized carbons (Fsp3) is 0.259. The van der Waals surface area contributed by atoms with Gasteiger partial charge < -0.3 is 15.4 Å². The smallest absolute Gasteiger partial charge is 0.251 e. The molecule has 6 nitrogen and oxygen atoms in total. The zero-order chi connectivity index (χ0) is 22.7. The number of pyridine rings is 1. The second-order valence-electron chi connectivity index (χ2n) is 7.98. The first-order valence-corrected chi connectivity index (χ1v) is 11.4. The number of amides is 1. The Morgan fingerprint density at radius 1 is 0.970 bits per heavy atom. The molecule has 1 aliphatic heterocycles. The van der Waals surface area contributed by atoms with E-state index in [1.807, 2.05) is 72.8 Å². The normalized spacial score (nSPS) is 14.3. The Balaban J connectivity index is 1.30. The van der Waals surface area contributed by atoms with Crippen LogP contribution in [0.3, 0.4) is 0 Å². The van der Waals surface area contributed by atoms with E-state index in [0.29, 0.717) is 12.1 Å². The van der Waals surface area contributed by atoms with E-state index in [-0.39, 0.29) is 5.91 Å². The van der Waals surface area contributed by atoms with Crippen LogP contribution in [0, 0.1) is 0 Å². The molecule has 2 aromatic carbocycles. The molecule has 0 unspecified atom stereocenters. The molecule has 3 aromatic rings. The molecule has 0 saturated carbocycles. The van der Waals surface area contributed by atoms with Crippen LogP contribution in [0.5, 0.6) is 0 Å². The lowest BCUT2D eigenvalue weighted by atomic mass is 10.1. The van der Waals surface area contributed by atoms with Crippen molar-refractivity contribution in [3.8, 4) is 0 Å². The van der Waals surface area contributed by atoms with Crippen molar-refractivity contribution < 1.29 is 9.53 Å². The van der Waals surface area contributed by atoms with E-state index in [0.717, 1.165) is 61.9 Å². The molecule has 0 radical (unpaired) electrons. The third-order valence-electron chi connectivity index (χ3n) is 5.47. The van der Waals surface area contributed by atoms with E-state index < -0.39 is 0 Å². The lowest BCUT2D eigenvalue weighted by molar-refractivity contribution is 0.0374. The van der Waals surface area contributed by atoms with Crippen molar-refractivity contribution in [1.29, 1.82) is 0 Å². The molecule has 6 heteroatoms. The Kier molecular flexibility index (Phi) is 8.22. The van der Waals surface area contributed by atoms with Crippen LogP contribution in [-0.2, 0) is 4.74 Å². The van der Waals surface area contributed by atoms with Crippen molar-refractivity contribution in [3.63, 3.8) is 0 Å². The van der Waals surface area contributed by atoms with E-state index in [4.69, 9.17) is 4.74 Å². The predicted molar refractivity (Wildman–Crippen MR) is 134 cm³/mol. The second-order valence-corrected chi connectivity index (χ2v) is 7.98. The molecule has 0 aliphatic carbocycles. The summed E-state index contributed by atoms with van der Waals surface area (Å²) in [5.74, 6) is -0.0485. The maximum Gasteiger partial charge on any atom is 0.251 e. The lowest BCUT2D eigenvalue weighted by Crippen LogP contribution is -2.38. The molecule has 1 saturated heterocycles. The first kappa shape index (κ1) is 22.7. The van der Waals surface area contributed by atoms with Gasteiger partial charge in [0.1, 0.15) is 0 Å². The summed E-state index contributed by atoms with van der Waals surface area (Å²) in [6.45, 7) is 5.20. The van der Waals surface area contributed by atoms with Crippen molar-refractivity contribution in [2.45, 2.75) is 6.42 Å². The van der Waals surface area contributed by atoms with Gasteiger partial charge in [-0.05, 0) is 67.1 Å². The Morgan fingerprint density at radius 2 is 1.79 bits per heavy atom. The van der Waals surface area contributed by atoms with Gasteiger partial charge in [0.05, 0.1) is 18.9 Å². The van der Waals surface area contributed by atoms with Crippen LogP contribution in [-0.4, -0.2) is 55.2 Å². The lowest BCUT2D eigenvalue weighted by Gasteiger charge is -2.26. The predicted octanol–water partition coefficient (Wildman–Crippen LogP) is 4.45. The molecular formula is C27H30N4O2. The van der Waals surface area contributed by atoms with Crippen LogP contribution in [0.1, 0.15) is 28.0 Å². The number of benzene rings is 2. The van der Waals surface area contributed by atoms with Crippen molar-refractivity contribution in [2.75, 3.05) is 44.7 Å². The highest BCUT2D eigenvalue weighted by molar-refractivity contribution is 5.95. The van der Waals surface area contributed by atoms with E-state index >= 15 is 0 Å². The van der Waals surface area contributed by atoms with Gasteiger partial charge in [0.2, 0.25) is 0 Å². The molecule has 1 amide bonds. The van der Waals surface area contributed by atoms with Crippen LogP contribution in [0.4, 0.5) is 11.4 Å². The molecule has 4 rings (SSSR count). The molecule has 2 N–H and O–H groups in total. The van der Waals surface area contributed by atoms with Crippen LogP contribution >= 0.6 is 0 Å². The van der Waals surface area contributed by atoms with E-state index in [2.05, 4.69) is 26.6 Å². The Labute approximate surface area is 195 Å². The summed E-state index contributed by atoms with van der Waals surface area (Å²) < 4.78 is 5.37. The standard InChI is InChI=1S/C27H30N4O2/c32-27(29-14-5-15-31-16-18-33-19-17-31)23-7-4-10-26(21-23)30-25-9-3-6-22(20-25)11-12-24-8-1-2-13-28-24/h1-4,6-13,20-21,30H,5,14-19H2,(H,29,32)/b12-11+. The van der Waals surface area contributed by atoms with E-state index in [1.54, 1.807) is 6.20 Å². The number of aromatic nitrogens is 1. The number of carbonyl (C=O) groups excluding carboxylic acids is 1. The molecule has 0 bridgehead atoms. The van der Waals surface area contributed by atoms with Crippen molar-refractivity contribution >= 4 is 29.4 Å². The highest BCUT2D eigenvalue weighted by Gasteiger charge is 2.10. The number of rotatable bonds is 9. The van der Waals surface area contributed by atoms with E-state index in [1.165, 1.54) is 0 Å². The summed E-state index contributed by atoms with van der Waals surface area (Å²) in [6.07, 6.45) is 6.74. The zero-order valence-corrected chi connectivity index (χ0v) is 18.7. The van der Waals surface area contributed by atoms with Crippen molar-refractivity contribution in [1.82, 2.24) is 15.2 Å². The van der Waals surface area contributed by atoms with Crippen molar-refractivity contribution in [2.24, 2.45) is 0 Å². The van der Waals surface area contributed by atoms with Crippen LogP contribution in [0.25, 0.3) is 12.2 Å². The monoisotopic (exact) mass is 442 g/mol. The van der Waals surface area contributed by atoms with Gasteiger partial charge >= 0.3 is 0 Å². The summed E-state index contributed by atoms with van der Waals surface area (Å²) in [7, 11) is 0. The number of ether oxygens (including phenoxy) is 1. The van der Waals surface area contributed by atoms with Gasteiger partial charge in [0.25, 0.3) is 5.91 Å². The summed E-state index contributed by atoms with van der Waals surface area (Å²) in [6, 6.07) is 21.6. The third kappa shape index (κ3) is 7.27. The number of morpholine rings is 1. The highest BCUT2D eigenvalue weighted by atomic mass is 16.5. The minimum atomic E-state index is -0.0485. The molecular weight excluding hydrogens is 412 g/mol. The summed E-state index contributed by atoms with van der Waals surface area (Å²) >= 11 is 0. The minimum absolute atomic E-state index is 0.0485. The number of carbonyl (C=O) groups is 1. The first-order chi connectivity index (χ1) is 16.3. The number of nitrogens with zero attached hydrogens (tertiary/aromatic N) is 2.